The second kappa shape index (κ2) is 10.9. The number of allylic oxidation sites excluding steroid dienone is 1. The molecule has 0 aromatic rings. The first-order valence-corrected chi connectivity index (χ1v) is 17.5. The van der Waals surface area contributed by atoms with E-state index >= 15 is 0 Å². The van der Waals surface area contributed by atoms with Crippen LogP contribution in [-0.4, -0.2) is 96.8 Å². The van der Waals surface area contributed by atoms with E-state index in [1.165, 1.54) is 0 Å². The van der Waals surface area contributed by atoms with Gasteiger partial charge in [-0.25, -0.2) is 0 Å². The van der Waals surface area contributed by atoms with E-state index in [2.05, 4.69) is 40.7 Å². The topological polar surface area (TPSA) is 177 Å². The second-order valence-electron chi connectivity index (χ2n) is 17.7. The molecule has 5 aliphatic carbocycles. The number of fused-ring (bicyclic) bond motifs is 7. The third-order valence-corrected chi connectivity index (χ3v) is 15.5. The quantitative estimate of drug-likeness (QED) is 0.177. The maximum Gasteiger partial charge on any atom is 0.315 e. The normalized spacial score (nSPS) is 56.4. The highest BCUT2D eigenvalue weighted by Crippen LogP contribution is 2.76. The molecule has 0 spiro atoms. The highest BCUT2D eigenvalue weighted by atomic mass is 16.7. The van der Waals surface area contributed by atoms with Crippen molar-refractivity contribution in [1.29, 1.82) is 0 Å². The lowest BCUT2D eigenvalue weighted by molar-refractivity contribution is -0.299. The highest BCUT2D eigenvalue weighted by molar-refractivity contribution is 5.79. The Hall–Kier alpha value is -1.11. The van der Waals surface area contributed by atoms with Crippen LogP contribution in [0.15, 0.2) is 11.6 Å². The Balaban J connectivity index is 1.39. The van der Waals surface area contributed by atoms with E-state index in [9.17, 15) is 40.5 Å². The fourth-order valence-electron chi connectivity index (χ4n) is 12.4. The summed E-state index contributed by atoms with van der Waals surface area (Å²) in [6.07, 6.45) is -1.65. The summed E-state index contributed by atoms with van der Waals surface area (Å²) in [6, 6.07) is 0. The molecule has 0 unspecified atom stereocenters. The first-order valence-electron chi connectivity index (χ1n) is 17.5. The molecular weight excluding hydrogens is 592 g/mol. The molecule has 16 atom stereocenters. The molecule has 7 N–H and O–H groups in total. The maximum atomic E-state index is 14.5. The zero-order valence-electron chi connectivity index (χ0n) is 28.6. The molecule has 6 rings (SSSR count). The van der Waals surface area contributed by atoms with Gasteiger partial charge >= 0.3 is 5.97 Å². The summed E-state index contributed by atoms with van der Waals surface area (Å²) in [5.74, 6) is -0.787. The van der Waals surface area contributed by atoms with Crippen LogP contribution in [0.5, 0.6) is 0 Å². The molecule has 1 aliphatic heterocycles. The molecule has 0 aromatic carbocycles. The summed E-state index contributed by atoms with van der Waals surface area (Å²) in [7, 11) is 0. The van der Waals surface area contributed by atoms with Crippen molar-refractivity contribution in [2.24, 2.45) is 50.7 Å². The summed E-state index contributed by atoms with van der Waals surface area (Å²) >= 11 is 0. The van der Waals surface area contributed by atoms with E-state index in [1.807, 2.05) is 13.8 Å². The number of hydrogen-bond donors (Lipinski definition) is 7. The molecule has 1 heterocycles. The van der Waals surface area contributed by atoms with E-state index in [0.717, 1.165) is 24.8 Å². The van der Waals surface area contributed by atoms with Crippen LogP contribution in [0.4, 0.5) is 0 Å². The number of hydrogen-bond acceptors (Lipinski definition) is 10. The van der Waals surface area contributed by atoms with E-state index in [-0.39, 0.29) is 34.0 Å². The van der Waals surface area contributed by atoms with Gasteiger partial charge in [-0.15, -0.1) is 0 Å². The SMILES string of the molecule is C[C@@H]1CC[C@]2(C(=O)O[C@@H]3O[C@H](CO)[C@@H](O)[C@H](O)[C@H]3O)CC[C@]3(C)C(=CC[C@@H]4[C@@]5(C)C[C@@H](O)[C@H](O)C(C)(C)[C@@H]5CC[C@]43C)[C@@H]2[C@]1(C)O. The maximum absolute atomic E-state index is 14.5. The van der Waals surface area contributed by atoms with Gasteiger partial charge in [0.15, 0.2) is 0 Å². The monoisotopic (exact) mass is 650 g/mol. The third-order valence-electron chi connectivity index (χ3n) is 15.5. The lowest BCUT2D eigenvalue weighted by Gasteiger charge is -2.72. The van der Waals surface area contributed by atoms with Crippen molar-refractivity contribution in [3.8, 4) is 0 Å². The number of aliphatic hydroxyl groups excluding tert-OH is 6. The Kier molecular flexibility index (Phi) is 8.27. The number of ether oxygens (including phenoxy) is 2. The number of rotatable bonds is 3. The lowest BCUT2D eigenvalue weighted by Crippen LogP contribution is -2.69. The van der Waals surface area contributed by atoms with Gasteiger partial charge in [0.1, 0.15) is 24.4 Å². The molecule has 0 amide bonds. The van der Waals surface area contributed by atoms with Crippen LogP contribution in [-0.2, 0) is 14.3 Å². The minimum Gasteiger partial charge on any atom is -0.432 e. The predicted molar refractivity (Wildman–Crippen MR) is 168 cm³/mol. The zero-order chi connectivity index (χ0) is 34.0. The third kappa shape index (κ3) is 4.39. The summed E-state index contributed by atoms with van der Waals surface area (Å²) in [4.78, 5) is 14.5. The Labute approximate surface area is 273 Å². The van der Waals surface area contributed by atoms with Crippen LogP contribution in [0.25, 0.3) is 0 Å². The lowest BCUT2D eigenvalue weighted by atomic mass is 9.33. The van der Waals surface area contributed by atoms with Crippen LogP contribution < -0.4 is 0 Å². The first-order chi connectivity index (χ1) is 21.2. The standard InChI is InChI=1S/C36H58O10/c1-18-10-13-36(30(43)46-29-26(41)25(40)24(39)21(17-37)45-29)15-14-33(5)19(27(36)35(18,7)44)8-9-23-32(4)16-20(38)28(42)31(2,3)22(32)11-12-34(23,33)6/h8,18,20-29,37-42,44H,9-17H2,1-7H3/t18-,20-,21-,22+,23-,24-,25+,26-,27-,28+,29+,32+,33-,34-,35-,36+/m1/s1. The van der Waals surface area contributed by atoms with Crippen LogP contribution in [0.3, 0.4) is 0 Å². The fourth-order valence-corrected chi connectivity index (χ4v) is 12.4. The minimum atomic E-state index is -1.70. The Morgan fingerprint density at radius 1 is 0.913 bits per heavy atom. The smallest absolute Gasteiger partial charge is 0.315 e. The van der Waals surface area contributed by atoms with Gasteiger partial charge in [-0.1, -0.05) is 53.2 Å². The van der Waals surface area contributed by atoms with E-state index in [4.69, 9.17) is 9.47 Å². The fraction of sp³-hybridized carbons (Fsp3) is 0.917. The number of esters is 1. The molecule has 4 saturated carbocycles. The number of carbonyl (C=O) groups is 1. The Morgan fingerprint density at radius 2 is 1.59 bits per heavy atom. The molecule has 46 heavy (non-hydrogen) atoms. The van der Waals surface area contributed by atoms with Gasteiger partial charge in [0.2, 0.25) is 6.29 Å². The van der Waals surface area contributed by atoms with E-state index in [1.54, 1.807) is 0 Å². The molecule has 0 radical (unpaired) electrons. The summed E-state index contributed by atoms with van der Waals surface area (Å²) in [6.45, 7) is 14.4. The zero-order valence-corrected chi connectivity index (χ0v) is 28.6. The predicted octanol–water partition coefficient (Wildman–Crippen LogP) is 2.43. The molecule has 10 heteroatoms. The van der Waals surface area contributed by atoms with E-state index < -0.39 is 77.8 Å². The molecule has 1 saturated heterocycles. The molecule has 6 aliphatic rings. The van der Waals surface area contributed by atoms with Crippen molar-refractivity contribution in [2.45, 2.75) is 148 Å². The molecule has 10 nitrogen and oxygen atoms in total. The average molecular weight is 651 g/mol. The molecule has 5 fully saturated rings. The summed E-state index contributed by atoms with van der Waals surface area (Å²) in [5.41, 5.74) is -2.44. The van der Waals surface area contributed by atoms with Gasteiger partial charge in [-0.05, 0) is 97.7 Å². The van der Waals surface area contributed by atoms with Gasteiger partial charge in [0.25, 0.3) is 0 Å². The van der Waals surface area contributed by atoms with Crippen LogP contribution in [0, 0.1) is 50.7 Å². The molecular formula is C36H58O10. The minimum absolute atomic E-state index is 0.0940. The van der Waals surface area contributed by atoms with Crippen molar-refractivity contribution in [1.82, 2.24) is 0 Å². The Morgan fingerprint density at radius 3 is 2.24 bits per heavy atom. The van der Waals surface area contributed by atoms with Crippen LogP contribution in [0.2, 0.25) is 0 Å². The van der Waals surface area contributed by atoms with Gasteiger partial charge in [-0.3, -0.25) is 4.79 Å². The molecule has 0 aromatic heterocycles. The van der Waals surface area contributed by atoms with Crippen molar-refractivity contribution in [3.63, 3.8) is 0 Å². The van der Waals surface area contributed by atoms with Crippen molar-refractivity contribution in [3.05, 3.63) is 11.6 Å². The molecule has 0 bridgehead atoms. The van der Waals surface area contributed by atoms with Crippen molar-refractivity contribution >= 4 is 5.97 Å². The van der Waals surface area contributed by atoms with Gasteiger partial charge in [0, 0.05) is 5.92 Å². The largest absolute Gasteiger partial charge is 0.432 e. The average Bonchev–Trinajstić information content (AvgIpc) is 2.98. The number of aliphatic hydroxyl groups is 7. The highest BCUT2D eigenvalue weighted by Gasteiger charge is 2.72. The first kappa shape index (κ1) is 34.7. The van der Waals surface area contributed by atoms with Crippen LogP contribution in [0.1, 0.15) is 99.8 Å². The molecule has 262 valence electrons. The van der Waals surface area contributed by atoms with Gasteiger partial charge < -0.3 is 45.2 Å². The van der Waals surface area contributed by atoms with Gasteiger partial charge in [-0.2, -0.15) is 0 Å². The van der Waals surface area contributed by atoms with Crippen molar-refractivity contribution < 1.29 is 50.0 Å². The summed E-state index contributed by atoms with van der Waals surface area (Å²) < 4.78 is 11.5. The second-order valence-corrected chi connectivity index (χ2v) is 17.7. The van der Waals surface area contributed by atoms with Crippen LogP contribution >= 0.6 is 0 Å². The Bertz CT molecular complexity index is 1250. The summed E-state index contributed by atoms with van der Waals surface area (Å²) in [5, 5.41) is 75.6. The van der Waals surface area contributed by atoms with Crippen molar-refractivity contribution in [2.75, 3.05) is 6.61 Å². The number of carbonyl (C=O) groups excluding carboxylic acids is 1. The van der Waals surface area contributed by atoms with E-state index in [0.29, 0.717) is 32.1 Å². The van der Waals surface area contributed by atoms with Gasteiger partial charge in [0.05, 0.1) is 29.8 Å².